The van der Waals surface area contributed by atoms with Crippen LogP contribution in [0.25, 0.3) is 0 Å². The van der Waals surface area contributed by atoms with Crippen molar-refractivity contribution in [2.24, 2.45) is 5.41 Å². The number of unbranched alkanes of at least 4 members (excludes halogenated alkanes) is 4. The predicted octanol–water partition coefficient (Wildman–Crippen LogP) is 4.88. The minimum absolute atomic E-state index is 0.0467. The summed E-state index contributed by atoms with van der Waals surface area (Å²) >= 11 is 0. The van der Waals surface area contributed by atoms with Gasteiger partial charge in [-0.25, -0.2) is 0 Å². The fourth-order valence-electron chi connectivity index (χ4n) is 2.54. The number of hydrogen-bond acceptors (Lipinski definition) is 2. The van der Waals surface area contributed by atoms with Gasteiger partial charge in [-0.1, -0.05) is 58.4 Å². The molecular formula is C16H30O2. The van der Waals surface area contributed by atoms with E-state index >= 15 is 0 Å². The molecule has 0 aliphatic rings. The molecular weight excluding hydrogens is 224 g/mol. The summed E-state index contributed by atoms with van der Waals surface area (Å²) < 4.78 is 5.04. The van der Waals surface area contributed by atoms with Gasteiger partial charge < -0.3 is 4.74 Å². The lowest BCUT2D eigenvalue weighted by atomic mass is 9.75. The summed E-state index contributed by atoms with van der Waals surface area (Å²) in [7, 11) is 1.50. The van der Waals surface area contributed by atoms with E-state index in [2.05, 4.69) is 20.4 Å². The van der Waals surface area contributed by atoms with E-state index in [1.807, 2.05) is 6.08 Å². The lowest BCUT2D eigenvalue weighted by Crippen LogP contribution is -2.32. The van der Waals surface area contributed by atoms with Crippen molar-refractivity contribution < 1.29 is 9.53 Å². The summed E-state index contributed by atoms with van der Waals surface area (Å²) in [4.78, 5) is 12.1. The van der Waals surface area contributed by atoms with E-state index in [1.54, 1.807) is 0 Å². The van der Waals surface area contributed by atoms with Crippen LogP contribution in [0.2, 0.25) is 0 Å². The molecule has 0 rings (SSSR count). The van der Waals surface area contributed by atoms with E-state index in [0.717, 1.165) is 32.1 Å². The number of carbonyl (C=O) groups is 1. The molecule has 0 N–H and O–H groups in total. The summed E-state index contributed by atoms with van der Waals surface area (Å²) in [6, 6.07) is 0. The monoisotopic (exact) mass is 254 g/mol. The fraction of sp³-hybridized carbons (Fsp3) is 0.812. The van der Waals surface area contributed by atoms with Crippen LogP contribution in [-0.2, 0) is 9.53 Å². The Morgan fingerprint density at radius 2 is 1.61 bits per heavy atom. The minimum atomic E-state index is -0.319. The lowest BCUT2D eigenvalue weighted by molar-refractivity contribution is -0.153. The molecule has 0 saturated carbocycles. The maximum absolute atomic E-state index is 12.1. The number of methoxy groups -OCH3 is 1. The van der Waals surface area contributed by atoms with Gasteiger partial charge in [-0.3, -0.25) is 4.79 Å². The molecule has 0 aromatic rings. The van der Waals surface area contributed by atoms with Crippen molar-refractivity contribution in [2.75, 3.05) is 7.11 Å². The third kappa shape index (κ3) is 5.70. The number of allylic oxidation sites excluding steroid dienone is 1. The van der Waals surface area contributed by atoms with Crippen molar-refractivity contribution in [3.8, 4) is 0 Å². The van der Waals surface area contributed by atoms with Gasteiger partial charge in [-0.05, 0) is 19.3 Å². The Hall–Kier alpha value is -0.790. The zero-order valence-electron chi connectivity index (χ0n) is 12.5. The first-order valence-electron chi connectivity index (χ1n) is 7.36. The van der Waals surface area contributed by atoms with Gasteiger partial charge in [-0.15, -0.1) is 6.58 Å². The molecule has 18 heavy (non-hydrogen) atoms. The summed E-state index contributed by atoms with van der Waals surface area (Å²) in [5.74, 6) is -0.0467. The highest BCUT2D eigenvalue weighted by Crippen LogP contribution is 2.37. The molecule has 2 nitrogen and oxygen atoms in total. The largest absolute Gasteiger partial charge is 0.469 e. The predicted molar refractivity (Wildman–Crippen MR) is 77.5 cm³/mol. The summed E-state index contributed by atoms with van der Waals surface area (Å²) in [5.41, 5.74) is -0.319. The van der Waals surface area contributed by atoms with Crippen molar-refractivity contribution in [3.05, 3.63) is 12.7 Å². The van der Waals surface area contributed by atoms with Crippen LogP contribution in [0.1, 0.15) is 71.6 Å². The second-order valence-corrected chi connectivity index (χ2v) is 5.18. The summed E-state index contributed by atoms with van der Waals surface area (Å²) in [6.45, 7) is 8.18. The Bertz CT molecular complexity index is 223. The molecule has 0 spiro atoms. The first-order valence-corrected chi connectivity index (χ1v) is 7.36. The van der Waals surface area contributed by atoms with E-state index in [-0.39, 0.29) is 11.4 Å². The van der Waals surface area contributed by atoms with E-state index in [9.17, 15) is 4.79 Å². The van der Waals surface area contributed by atoms with Crippen LogP contribution in [0, 0.1) is 5.41 Å². The van der Waals surface area contributed by atoms with Crippen LogP contribution in [-0.4, -0.2) is 13.1 Å². The van der Waals surface area contributed by atoms with Gasteiger partial charge in [0, 0.05) is 0 Å². The van der Waals surface area contributed by atoms with Crippen molar-refractivity contribution in [1.82, 2.24) is 0 Å². The van der Waals surface area contributed by atoms with Gasteiger partial charge in [0.05, 0.1) is 12.5 Å². The van der Waals surface area contributed by atoms with Crippen LogP contribution in [0.5, 0.6) is 0 Å². The quantitative estimate of drug-likeness (QED) is 0.298. The maximum atomic E-state index is 12.1. The molecule has 0 aromatic carbocycles. The van der Waals surface area contributed by atoms with E-state index in [4.69, 9.17) is 4.74 Å². The second kappa shape index (κ2) is 10.2. The molecule has 0 aliphatic heterocycles. The second-order valence-electron chi connectivity index (χ2n) is 5.18. The third-order valence-electron chi connectivity index (χ3n) is 3.67. The number of rotatable bonds is 11. The third-order valence-corrected chi connectivity index (χ3v) is 3.67. The van der Waals surface area contributed by atoms with Crippen molar-refractivity contribution in [1.29, 1.82) is 0 Å². The van der Waals surface area contributed by atoms with Gasteiger partial charge in [0.15, 0.2) is 0 Å². The molecule has 0 aromatic heterocycles. The number of hydrogen-bond donors (Lipinski definition) is 0. The zero-order valence-corrected chi connectivity index (χ0v) is 12.5. The van der Waals surface area contributed by atoms with Crippen LogP contribution in [0.3, 0.4) is 0 Å². The van der Waals surface area contributed by atoms with Crippen LogP contribution in [0.4, 0.5) is 0 Å². The zero-order chi connectivity index (χ0) is 13.9. The highest BCUT2D eigenvalue weighted by atomic mass is 16.5. The van der Waals surface area contributed by atoms with Gasteiger partial charge in [-0.2, -0.15) is 0 Å². The molecule has 106 valence electrons. The molecule has 0 heterocycles. The molecule has 2 heteroatoms. The number of ether oxygens (including phenoxy) is 1. The summed E-state index contributed by atoms with van der Waals surface area (Å²) in [5, 5.41) is 0. The smallest absolute Gasteiger partial charge is 0.312 e. The molecule has 0 fully saturated rings. The molecule has 0 bridgehead atoms. The maximum Gasteiger partial charge on any atom is 0.312 e. The SMILES string of the molecule is C=CCC(CCCCC)(CCCCC)C(=O)OC. The fourth-order valence-corrected chi connectivity index (χ4v) is 2.54. The van der Waals surface area contributed by atoms with E-state index in [0.29, 0.717) is 0 Å². The van der Waals surface area contributed by atoms with Crippen LogP contribution >= 0.6 is 0 Å². The Kier molecular flexibility index (Phi) is 9.72. The summed E-state index contributed by atoms with van der Waals surface area (Å²) in [6.07, 6.45) is 11.4. The van der Waals surface area contributed by atoms with Gasteiger partial charge in [0.1, 0.15) is 0 Å². The highest BCUT2D eigenvalue weighted by Gasteiger charge is 2.36. The number of carbonyl (C=O) groups excluding carboxylic acids is 1. The Balaban J connectivity index is 4.66. The normalized spacial score (nSPS) is 11.3. The Morgan fingerprint density at radius 1 is 1.11 bits per heavy atom. The van der Waals surface area contributed by atoms with Crippen LogP contribution < -0.4 is 0 Å². The Morgan fingerprint density at radius 3 is 1.94 bits per heavy atom. The Labute approximate surface area is 113 Å². The molecule has 0 radical (unpaired) electrons. The van der Waals surface area contributed by atoms with Crippen molar-refractivity contribution in [3.63, 3.8) is 0 Å². The molecule has 0 saturated heterocycles. The lowest BCUT2D eigenvalue weighted by Gasteiger charge is -2.30. The molecule has 0 aliphatic carbocycles. The van der Waals surface area contributed by atoms with Gasteiger partial charge >= 0.3 is 5.97 Å². The minimum Gasteiger partial charge on any atom is -0.469 e. The topological polar surface area (TPSA) is 26.3 Å². The molecule has 0 amide bonds. The van der Waals surface area contributed by atoms with E-state index in [1.165, 1.54) is 32.8 Å². The average Bonchev–Trinajstić information content (AvgIpc) is 2.38. The number of esters is 1. The van der Waals surface area contributed by atoms with Gasteiger partial charge in [0.25, 0.3) is 0 Å². The molecule has 0 unspecified atom stereocenters. The standard InChI is InChI=1S/C16H30O2/c1-5-8-10-13-16(12-7-3,15(17)18-4)14-11-9-6-2/h7H,3,5-6,8-14H2,1-2,4H3. The first kappa shape index (κ1) is 17.2. The highest BCUT2D eigenvalue weighted by molar-refractivity contribution is 5.76. The van der Waals surface area contributed by atoms with Crippen molar-refractivity contribution in [2.45, 2.75) is 71.6 Å². The van der Waals surface area contributed by atoms with Crippen molar-refractivity contribution >= 4 is 5.97 Å². The first-order chi connectivity index (χ1) is 8.66. The molecule has 0 atom stereocenters. The van der Waals surface area contributed by atoms with Gasteiger partial charge in [0.2, 0.25) is 0 Å². The average molecular weight is 254 g/mol. The van der Waals surface area contributed by atoms with Crippen LogP contribution in [0.15, 0.2) is 12.7 Å². The van der Waals surface area contributed by atoms with E-state index < -0.39 is 0 Å².